The fourth-order valence-electron chi connectivity index (χ4n) is 1.60. The molecule has 1 heterocycles. The summed E-state index contributed by atoms with van der Waals surface area (Å²) in [4.78, 5) is 3.96. The molecular formula is C14H12Cl3N3O2. The minimum Gasteiger partial charge on any atom is -0.504 e. The van der Waals surface area contributed by atoms with Gasteiger partial charge in [-0.2, -0.15) is 5.10 Å². The van der Waals surface area contributed by atoms with E-state index in [2.05, 4.69) is 15.5 Å². The zero-order chi connectivity index (χ0) is 16.1. The summed E-state index contributed by atoms with van der Waals surface area (Å²) < 4.78 is 5.29. The zero-order valence-electron chi connectivity index (χ0n) is 11.5. The largest absolute Gasteiger partial charge is 0.504 e. The number of phenolic OH excluding ortho intramolecular Hbond substituents is 1. The van der Waals surface area contributed by atoms with Gasteiger partial charge in [0.1, 0.15) is 5.15 Å². The van der Waals surface area contributed by atoms with E-state index < -0.39 is 0 Å². The van der Waals surface area contributed by atoms with Crippen LogP contribution in [-0.2, 0) is 0 Å². The van der Waals surface area contributed by atoms with E-state index in [1.807, 2.05) is 6.92 Å². The van der Waals surface area contributed by atoms with Gasteiger partial charge < -0.3 is 9.84 Å². The van der Waals surface area contributed by atoms with E-state index in [-0.39, 0.29) is 26.8 Å². The van der Waals surface area contributed by atoms with Gasteiger partial charge in [0.25, 0.3) is 0 Å². The number of anilines is 1. The maximum atomic E-state index is 10.0. The van der Waals surface area contributed by atoms with Crippen molar-refractivity contribution in [3.8, 4) is 11.5 Å². The molecule has 0 saturated heterocycles. The van der Waals surface area contributed by atoms with E-state index in [0.29, 0.717) is 17.9 Å². The Morgan fingerprint density at radius 2 is 2.09 bits per heavy atom. The van der Waals surface area contributed by atoms with Crippen LogP contribution in [0, 0.1) is 0 Å². The van der Waals surface area contributed by atoms with Crippen molar-refractivity contribution in [1.29, 1.82) is 0 Å². The highest BCUT2D eigenvalue weighted by molar-refractivity contribution is 6.42. The van der Waals surface area contributed by atoms with Gasteiger partial charge in [-0.25, -0.2) is 4.98 Å². The number of aromatic nitrogens is 1. The van der Waals surface area contributed by atoms with E-state index in [9.17, 15) is 5.11 Å². The molecule has 5 nitrogen and oxygen atoms in total. The van der Waals surface area contributed by atoms with Gasteiger partial charge in [0, 0.05) is 5.56 Å². The zero-order valence-corrected chi connectivity index (χ0v) is 13.7. The van der Waals surface area contributed by atoms with Crippen LogP contribution in [-0.4, -0.2) is 22.9 Å². The lowest BCUT2D eigenvalue weighted by Gasteiger charge is -2.07. The van der Waals surface area contributed by atoms with Gasteiger partial charge >= 0.3 is 0 Å². The molecule has 0 saturated carbocycles. The number of hydrazone groups is 1. The highest BCUT2D eigenvalue weighted by Crippen LogP contribution is 2.30. The highest BCUT2D eigenvalue weighted by atomic mass is 35.5. The number of nitrogens with one attached hydrogen (secondary N) is 1. The minimum absolute atomic E-state index is 0.00287. The molecule has 2 aromatic rings. The van der Waals surface area contributed by atoms with Crippen LogP contribution >= 0.6 is 34.8 Å². The Morgan fingerprint density at radius 3 is 2.82 bits per heavy atom. The lowest BCUT2D eigenvalue weighted by atomic mass is 10.2. The Hall–Kier alpha value is -1.69. The van der Waals surface area contributed by atoms with Crippen molar-refractivity contribution < 1.29 is 9.84 Å². The van der Waals surface area contributed by atoms with Crippen LogP contribution in [0.15, 0.2) is 29.4 Å². The predicted molar refractivity (Wildman–Crippen MR) is 89.8 cm³/mol. The maximum absolute atomic E-state index is 10.0. The number of halogens is 3. The Balaban J connectivity index is 2.17. The number of pyridine rings is 1. The molecule has 0 amide bonds. The van der Waals surface area contributed by atoms with Gasteiger partial charge in [-0.15, -0.1) is 0 Å². The van der Waals surface area contributed by atoms with Crippen molar-refractivity contribution in [2.75, 3.05) is 12.0 Å². The van der Waals surface area contributed by atoms with E-state index in [1.54, 1.807) is 18.2 Å². The van der Waals surface area contributed by atoms with Crippen LogP contribution in [0.5, 0.6) is 11.5 Å². The number of hydrogen-bond donors (Lipinski definition) is 2. The summed E-state index contributed by atoms with van der Waals surface area (Å²) in [7, 11) is 0. The summed E-state index contributed by atoms with van der Waals surface area (Å²) in [5.74, 6) is 0.646. The maximum Gasteiger partial charge on any atom is 0.166 e. The normalized spacial score (nSPS) is 10.9. The van der Waals surface area contributed by atoms with Crippen LogP contribution in [0.25, 0.3) is 0 Å². The molecule has 1 aromatic heterocycles. The highest BCUT2D eigenvalue weighted by Gasteiger charge is 2.08. The molecular weight excluding hydrogens is 349 g/mol. The molecule has 116 valence electrons. The Labute approximate surface area is 142 Å². The fraction of sp³-hybridized carbons (Fsp3) is 0.143. The van der Waals surface area contributed by atoms with Crippen molar-refractivity contribution in [2.24, 2.45) is 5.10 Å². The molecule has 0 spiro atoms. The number of rotatable bonds is 5. The molecule has 22 heavy (non-hydrogen) atoms. The van der Waals surface area contributed by atoms with Crippen molar-refractivity contribution in [2.45, 2.75) is 6.92 Å². The van der Waals surface area contributed by atoms with E-state index >= 15 is 0 Å². The van der Waals surface area contributed by atoms with Crippen LogP contribution in [0.1, 0.15) is 12.5 Å². The number of phenols is 1. The Bertz CT molecular complexity index is 708. The van der Waals surface area contributed by atoms with E-state index in [1.165, 1.54) is 12.3 Å². The molecule has 2 rings (SSSR count). The summed E-state index contributed by atoms with van der Waals surface area (Å²) in [6.45, 7) is 2.29. The van der Waals surface area contributed by atoms with Gasteiger partial charge in [-0.3, -0.25) is 5.43 Å². The first kappa shape index (κ1) is 16.7. The number of nitrogens with zero attached hydrogens (tertiary/aromatic N) is 2. The molecule has 0 fully saturated rings. The van der Waals surface area contributed by atoms with E-state index in [4.69, 9.17) is 39.5 Å². The molecule has 8 heteroatoms. The first-order valence-electron chi connectivity index (χ1n) is 6.28. The summed E-state index contributed by atoms with van der Waals surface area (Å²) in [5, 5.41) is 14.6. The first-order valence-corrected chi connectivity index (χ1v) is 7.41. The van der Waals surface area contributed by atoms with E-state index in [0.717, 1.165) is 0 Å². The third kappa shape index (κ3) is 3.94. The second-order valence-corrected chi connectivity index (χ2v) is 5.26. The van der Waals surface area contributed by atoms with Crippen molar-refractivity contribution in [3.05, 3.63) is 45.0 Å². The molecule has 1 aromatic carbocycles. The number of aromatic hydroxyl groups is 1. The van der Waals surface area contributed by atoms with Crippen molar-refractivity contribution in [3.63, 3.8) is 0 Å². The standard InChI is InChI=1S/C14H12Cl3N3O2/c1-2-22-11-5-3-4-8(12(11)21)7-18-20-14-10(16)6-9(15)13(17)19-14/h3-7,21H,2H2,1H3,(H,19,20)/b18-7+. The van der Waals surface area contributed by atoms with Crippen molar-refractivity contribution >= 4 is 46.8 Å². The third-order valence-corrected chi connectivity index (χ3v) is 3.55. The lowest BCUT2D eigenvalue weighted by molar-refractivity contribution is 0.318. The molecule has 0 bridgehead atoms. The molecule has 0 aliphatic rings. The van der Waals surface area contributed by atoms with Crippen molar-refractivity contribution in [1.82, 2.24) is 4.98 Å². The van der Waals surface area contributed by atoms with Crippen LogP contribution < -0.4 is 10.2 Å². The van der Waals surface area contributed by atoms with Crippen LogP contribution in [0.4, 0.5) is 5.82 Å². The van der Waals surface area contributed by atoms with Crippen LogP contribution in [0.2, 0.25) is 15.2 Å². The van der Waals surface area contributed by atoms with Gasteiger partial charge in [-0.1, -0.05) is 40.9 Å². The predicted octanol–water partition coefficient (Wildman–Crippen LogP) is 4.59. The summed E-state index contributed by atoms with van der Waals surface area (Å²) >= 11 is 17.6. The van der Waals surface area contributed by atoms with Gasteiger partial charge in [0.15, 0.2) is 17.3 Å². The summed E-state index contributed by atoms with van der Waals surface area (Å²) in [5.41, 5.74) is 3.12. The Morgan fingerprint density at radius 1 is 1.32 bits per heavy atom. The average Bonchev–Trinajstić information content (AvgIpc) is 2.48. The molecule has 2 N–H and O–H groups in total. The summed E-state index contributed by atoms with van der Waals surface area (Å²) in [6, 6.07) is 6.56. The smallest absolute Gasteiger partial charge is 0.166 e. The van der Waals surface area contributed by atoms with Gasteiger partial charge in [0.2, 0.25) is 0 Å². The second-order valence-electron chi connectivity index (χ2n) is 4.09. The molecule has 0 aliphatic heterocycles. The second kappa shape index (κ2) is 7.54. The molecule has 0 radical (unpaired) electrons. The SMILES string of the molecule is CCOc1cccc(/C=N/Nc2nc(Cl)c(Cl)cc2Cl)c1O. The average molecular weight is 361 g/mol. The minimum atomic E-state index is 0.00287. The quantitative estimate of drug-likeness (QED) is 0.465. The van der Waals surface area contributed by atoms with Crippen LogP contribution in [0.3, 0.4) is 0 Å². The first-order chi connectivity index (χ1) is 10.5. The third-order valence-electron chi connectivity index (χ3n) is 2.59. The Kier molecular flexibility index (Phi) is 5.71. The monoisotopic (exact) mass is 359 g/mol. The van der Waals surface area contributed by atoms with Gasteiger partial charge in [-0.05, 0) is 25.1 Å². The lowest BCUT2D eigenvalue weighted by Crippen LogP contribution is -1.97. The molecule has 0 unspecified atom stereocenters. The van der Waals surface area contributed by atoms with Gasteiger partial charge in [0.05, 0.1) is 22.9 Å². The number of hydrogen-bond acceptors (Lipinski definition) is 5. The molecule has 0 aliphatic carbocycles. The topological polar surface area (TPSA) is 66.7 Å². The number of para-hydroxylation sites is 1. The fourth-order valence-corrected chi connectivity index (χ4v) is 2.14. The number of ether oxygens (including phenoxy) is 1. The summed E-state index contributed by atoms with van der Waals surface area (Å²) in [6.07, 6.45) is 1.42. The molecule has 0 atom stereocenters. The number of benzene rings is 1.